The summed E-state index contributed by atoms with van der Waals surface area (Å²) >= 11 is 0. The Kier molecular flexibility index (Phi) is 28.7. The minimum Gasteiger partial charge on any atom is -0.462 e. The molecule has 9 unspecified atom stereocenters. The van der Waals surface area contributed by atoms with E-state index in [1.165, 1.54) is 16.7 Å². The minimum absolute atomic E-state index is 0.00502. The molecule has 3 saturated carbocycles. The Labute approximate surface area is 545 Å². The molecule has 3 aromatic rings. The lowest BCUT2D eigenvalue weighted by molar-refractivity contribution is -0.179. The van der Waals surface area contributed by atoms with Crippen molar-refractivity contribution in [1.29, 1.82) is 0 Å². The van der Waals surface area contributed by atoms with E-state index in [1.807, 2.05) is 18.2 Å². The monoisotopic (exact) mass is 1310 g/mol. The summed E-state index contributed by atoms with van der Waals surface area (Å²) in [6.45, 7) is 2.31. The number of esters is 1. The zero-order chi connectivity index (χ0) is 62.6. The second kappa shape index (κ2) is 36.7. The maximum atomic E-state index is 11.9. The quantitative estimate of drug-likeness (QED) is 0.0315. The van der Waals surface area contributed by atoms with Crippen molar-refractivity contribution in [3.05, 3.63) is 144 Å². The molecule has 3 N–H and O–H groups in total. The van der Waals surface area contributed by atoms with Crippen molar-refractivity contribution < 1.29 is 72.1 Å². The van der Waals surface area contributed by atoms with Crippen LogP contribution in [-0.4, -0.2) is 140 Å². The Morgan fingerprint density at radius 1 is 0.478 bits per heavy atom. The van der Waals surface area contributed by atoms with Crippen molar-refractivity contribution in [3.63, 3.8) is 0 Å². The molecule has 0 aromatic heterocycles. The summed E-state index contributed by atoms with van der Waals surface area (Å²) < 4.78 is 65.6. The minimum atomic E-state index is -0.695. The molecule has 9 aliphatic rings. The number of fused-ring (bicyclic) bond motifs is 3. The van der Waals surface area contributed by atoms with Crippen LogP contribution in [0, 0.1) is 35.5 Å². The van der Waals surface area contributed by atoms with Gasteiger partial charge in [0.25, 0.3) is 0 Å². The maximum absolute atomic E-state index is 11.9. The lowest BCUT2D eigenvalue weighted by Crippen LogP contribution is -2.28. The van der Waals surface area contributed by atoms with E-state index in [0.29, 0.717) is 25.7 Å². The van der Waals surface area contributed by atoms with Crippen LogP contribution in [0.25, 0.3) is 0 Å². The van der Waals surface area contributed by atoms with Crippen LogP contribution in [0.15, 0.2) is 127 Å². The fourth-order valence-corrected chi connectivity index (χ4v) is 15.6. The summed E-state index contributed by atoms with van der Waals surface area (Å²) in [5, 5.41) is 30.2. The van der Waals surface area contributed by atoms with Gasteiger partial charge in [0.05, 0.1) is 55.3 Å². The fourth-order valence-electron chi connectivity index (χ4n) is 14.8. The predicted molar refractivity (Wildman–Crippen MR) is 363 cm³/mol. The highest BCUT2D eigenvalue weighted by Crippen LogP contribution is 2.47. The first-order valence-corrected chi connectivity index (χ1v) is 36.4. The Morgan fingerprint density at radius 2 is 0.856 bits per heavy atom. The molecule has 15 nitrogen and oxygen atoms in total. The molecule has 21 heteroatoms. The van der Waals surface area contributed by atoms with Crippen LogP contribution in [0.3, 0.4) is 0 Å². The average Bonchev–Trinajstić information content (AvgIpc) is 2.05. The highest BCUT2D eigenvalue weighted by atomic mass is 31.1. The normalized spacial score (nSPS) is 34.0. The standard InChI is InChI=1S/C23H35BO5P2.C23H33BO5P2.C23H32O5/c2*25-22-14-19-18(21(29-24(30)31)15-20(19)28-22)12-11-17(27-23-8-4-5-13-26-23)10-9-16-6-2-1-3-7-16;24-20-15-21-19(14-22(25)28-21)18(20)12-11-17(27-23-8-4-5-13-26-23)10-9-16-6-2-1-3-7-16/h1-3,6-7,11-12,17-23,25H,4-5,8-10,13-15,30-31H2;1-3,6-7,11-12,17-21,23H,4-5,8-10,13-15,30-31H2;1-3,6-7,11-12,17-25H,4-5,8-10,13-15H2/b3*12-11+/t17-,18+,19+,20-,21+,22?,23?;17-,18+,19+,20-,21+,23?;17-,18+,19+,20+,21-,22?,23?/m000/s1. The van der Waals surface area contributed by atoms with Gasteiger partial charge in [-0.25, -0.2) is 0 Å². The predicted octanol–water partition coefficient (Wildman–Crippen LogP) is 11.3. The van der Waals surface area contributed by atoms with Gasteiger partial charge in [0, 0.05) is 69.2 Å². The number of aliphatic hydroxyl groups is 3. The Bertz CT molecular complexity index is 2640. The summed E-state index contributed by atoms with van der Waals surface area (Å²) in [4.78, 5) is 11.9. The molecule has 492 valence electrons. The van der Waals surface area contributed by atoms with Crippen LogP contribution in [0.4, 0.5) is 0 Å². The highest BCUT2D eigenvalue weighted by molar-refractivity contribution is 7.92. The molecule has 6 saturated heterocycles. The number of carbonyl (C=O) groups is 1. The van der Waals surface area contributed by atoms with Crippen LogP contribution in [0.5, 0.6) is 0 Å². The lowest BCUT2D eigenvalue weighted by atomic mass is 9.90. The summed E-state index contributed by atoms with van der Waals surface area (Å²) in [6.07, 6.45) is 29.9. The number of rotatable bonds is 25. The molecule has 3 aromatic carbocycles. The summed E-state index contributed by atoms with van der Waals surface area (Å²) in [6, 6.07) is 31.5. The maximum Gasteiger partial charge on any atom is 0.336 e. The average molecular weight is 1320 g/mol. The van der Waals surface area contributed by atoms with Crippen molar-refractivity contribution in [1.82, 2.24) is 0 Å². The molecule has 24 atom stereocenters. The Morgan fingerprint density at radius 3 is 1.26 bits per heavy atom. The first kappa shape index (κ1) is 70.5. The van der Waals surface area contributed by atoms with Crippen LogP contribution in [0.2, 0.25) is 0 Å². The van der Waals surface area contributed by atoms with Crippen molar-refractivity contribution >= 4 is 55.2 Å². The van der Waals surface area contributed by atoms with E-state index < -0.39 is 18.7 Å². The summed E-state index contributed by atoms with van der Waals surface area (Å²) in [5.41, 5.74) is 3.92. The largest absolute Gasteiger partial charge is 0.462 e. The lowest BCUT2D eigenvalue weighted by Gasteiger charge is -2.27. The number of hydrogen-bond acceptors (Lipinski definition) is 15. The van der Waals surface area contributed by atoms with Gasteiger partial charge in [-0.3, -0.25) is 4.79 Å². The third-order valence-electron chi connectivity index (χ3n) is 19.3. The van der Waals surface area contributed by atoms with Gasteiger partial charge in [0.2, 0.25) is 0 Å². The van der Waals surface area contributed by atoms with E-state index in [2.05, 4.69) is 146 Å². The molecule has 9 fully saturated rings. The molecule has 12 rings (SSSR count). The first-order chi connectivity index (χ1) is 43.8. The molecular formula is C69H100B2O15P4. The molecule has 3 aliphatic carbocycles. The number of aryl methyl sites for hydroxylation is 3. The number of benzene rings is 3. The van der Waals surface area contributed by atoms with Crippen LogP contribution >= 0.6 is 36.5 Å². The number of hydrogen-bond donors (Lipinski definition) is 3. The van der Waals surface area contributed by atoms with Crippen LogP contribution in [0.1, 0.15) is 132 Å². The zero-order valence-electron chi connectivity index (χ0n) is 52.3. The van der Waals surface area contributed by atoms with Gasteiger partial charge in [-0.05, 0) is 131 Å². The van der Waals surface area contributed by atoms with E-state index in [4.69, 9.17) is 51.9 Å². The van der Waals surface area contributed by atoms with Crippen LogP contribution in [-0.2, 0) is 76.0 Å². The molecule has 6 aliphatic heterocycles. The first-order valence-electron chi connectivity index (χ1n) is 33.7. The molecule has 90 heavy (non-hydrogen) atoms. The highest BCUT2D eigenvalue weighted by Gasteiger charge is 2.51. The smallest absolute Gasteiger partial charge is 0.336 e. The van der Waals surface area contributed by atoms with Crippen molar-refractivity contribution in [2.45, 2.75) is 221 Å². The molecule has 0 radical (unpaired) electrons. The van der Waals surface area contributed by atoms with Crippen molar-refractivity contribution in [2.24, 2.45) is 35.5 Å². The SMILES string of the molecule is O=C1C[C@@H]2[C@@H](/C=C/[C@H](CCc3ccccc3)OC3CCCCO3)[C@H](OB(P)P)C[C@@H]2O1.OC1C[C@@H]2[C@@H](/C=C/[C@H](CCc3ccccc3)OC3CCCCO3)[C@H](O)C[C@@H]2O1.OC1C[C@@H]2[C@@H](/C=C/[C@H](CCc3ccccc3)OC3CCCCO3)[C@H](OB(P)P)C[C@@H]2O1. The zero-order valence-corrected chi connectivity index (χ0v) is 57.0. The third kappa shape index (κ3) is 21.9. The van der Waals surface area contributed by atoms with E-state index in [0.717, 1.165) is 129 Å². The van der Waals surface area contributed by atoms with Gasteiger partial charge in [-0.15, -0.1) is 36.5 Å². The second-order valence-electron chi connectivity index (χ2n) is 25.9. The Hall–Kier alpha value is -2.32. The molecular weight excluding hydrogens is 1210 g/mol. The number of aliphatic hydroxyl groups excluding tert-OH is 3. The molecule has 0 spiro atoms. The third-order valence-corrected chi connectivity index (χ3v) is 19.9. The van der Waals surface area contributed by atoms with Crippen molar-refractivity contribution in [3.8, 4) is 0 Å². The van der Waals surface area contributed by atoms with E-state index in [1.54, 1.807) is 0 Å². The topological polar surface area (TPSA) is 179 Å². The summed E-state index contributed by atoms with van der Waals surface area (Å²) in [7, 11) is 10.7. The van der Waals surface area contributed by atoms with Crippen molar-refractivity contribution in [2.75, 3.05) is 19.8 Å². The van der Waals surface area contributed by atoms with Gasteiger partial charge >= 0.3 is 18.7 Å². The molecule has 6 heterocycles. The van der Waals surface area contributed by atoms with E-state index in [-0.39, 0.29) is 122 Å². The van der Waals surface area contributed by atoms with Gasteiger partial charge in [0.1, 0.15) is 6.10 Å². The van der Waals surface area contributed by atoms with Gasteiger partial charge in [-0.1, -0.05) is 127 Å². The molecule has 0 amide bonds. The summed E-state index contributed by atoms with van der Waals surface area (Å²) in [5.74, 6) is 0.928. The van der Waals surface area contributed by atoms with Crippen LogP contribution < -0.4 is 0 Å². The fraction of sp³-hybridized carbons (Fsp3) is 0.638. The Balaban J connectivity index is 0.000000149. The number of carbonyl (C=O) groups excluding carboxylic acids is 1. The van der Waals surface area contributed by atoms with Gasteiger partial charge in [0.15, 0.2) is 31.5 Å². The second-order valence-corrected chi connectivity index (χ2v) is 30.0. The number of ether oxygens (including phenoxy) is 9. The van der Waals surface area contributed by atoms with E-state index >= 15 is 0 Å². The van der Waals surface area contributed by atoms with Gasteiger partial charge in [-0.2, -0.15) is 0 Å². The van der Waals surface area contributed by atoms with Gasteiger partial charge < -0.3 is 67.3 Å². The molecule has 0 bridgehead atoms. The van der Waals surface area contributed by atoms with E-state index in [9.17, 15) is 20.1 Å².